The van der Waals surface area contributed by atoms with Crippen LogP contribution in [0.25, 0.3) is 11.1 Å². The average Bonchev–Trinajstić information content (AvgIpc) is 2.85. The van der Waals surface area contributed by atoms with Crippen molar-refractivity contribution in [3.8, 4) is 16.9 Å². The molecule has 0 saturated heterocycles. The number of benzene rings is 2. The van der Waals surface area contributed by atoms with Gasteiger partial charge in [-0.15, -0.1) is 0 Å². The molecule has 10 nitrogen and oxygen atoms in total. The number of primary amides is 1. The number of hydrogen-bond donors (Lipinski definition) is 5. The largest absolute Gasteiger partial charge is 0.511 e. The molecule has 2 aromatic rings. The number of nitrogens with two attached hydrogens (primary N) is 1. The smallest absolute Gasteiger partial charge is 0.255 e. The van der Waals surface area contributed by atoms with Crippen LogP contribution < -0.4 is 10.6 Å². The Labute approximate surface area is 230 Å². The second-order valence-corrected chi connectivity index (χ2v) is 11.0. The van der Waals surface area contributed by atoms with Crippen LogP contribution in [0.3, 0.4) is 0 Å². The van der Waals surface area contributed by atoms with Crippen molar-refractivity contribution < 1.29 is 39.6 Å². The lowest BCUT2D eigenvalue weighted by atomic mass is 9.60. The van der Waals surface area contributed by atoms with Gasteiger partial charge in [0, 0.05) is 49.7 Å². The number of aliphatic hydroxyl groups is 3. The van der Waals surface area contributed by atoms with E-state index in [0.29, 0.717) is 22.4 Å². The Balaban J connectivity index is 1.70. The van der Waals surface area contributed by atoms with E-state index in [1.54, 1.807) is 49.3 Å². The lowest BCUT2D eigenvalue weighted by molar-refractivity contribution is -0.144. The van der Waals surface area contributed by atoms with Crippen molar-refractivity contribution >= 4 is 28.9 Å². The number of fused-ring (bicyclic) bond motifs is 3. The zero-order valence-electron chi connectivity index (χ0n) is 22.3. The lowest BCUT2D eigenvalue weighted by Crippen LogP contribution is -2.57. The van der Waals surface area contributed by atoms with Crippen molar-refractivity contribution in [3.05, 3.63) is 69.7 Å². The molecule has 40 heavy (non-hydrogen) atoms. The van der Waals surface area contributed by atoms with Crippen molar-refractivity contribution in [2.24, 2.45) is 17.6 Å². The Morgan fingerprint density at radius 2 is 1.80 bits per heavy atom. The SMILES string of the molecule is CC(=O)Cc1cccc(-c2cc(N(C)C)c3c(c2O)C(=O)C2=C(O)[C@]4(O)C(=O)C(C(N)=O)=C(O)C[C@@H]4C[C@@H]2C3)c1. The van der Waals surface area contributed by atoms with Gasteiger partial charge in [0.1, 0.15) is 28.6 Å². The highest BCUT2D eigenvalue weighted by atomic mass is 16.3. The number of phenolic OH excluding ortho intramolecular Hbond substituents is 1. The number of amides is 1. The Morgan fingerprint density at radius 1 is 1.10 bits per heavy atom. The van der Waals surface area contributed by atoms with E-state index < -0.39 is 52.0 Å². The Morgan fingerprint density at radius 3 is 2.42 bits per heavy atom. The van der Waals surface area contributed by atoms with Crippen LogP contribution in [0.2, 0.25) is 0 Å². The second kappa shape index (κ2) is 9.34. The van der Waals surface area contributed by atoms with Gasteiger partial charge < -0.3 is 31.1 Å². The summed E-state index contributed by atoms with van der Waals surface area (Å²) in [5.74, 6) is -6.68. The van der Waals surface area contributed by atoms with Crippen molar-refractivity contribution in [2.45, 2.75) is 38.2 Å². The molecule has 0 spiro atoms. The molecule has 0 saturated carbocycles. The number of aliphatic hydroxyl groups excluding tert-OH is 2. The van der Waals surface area contributed by atoms with Gasteiger partial charge in [-0.3, -0.25) is 19.2 Å². The van der Waals surface area contributed by atoms with Gasteiger partial charge >= 0.3 is 0 Å². The van der Waals surface area contributed by atoms with Crippen LogP contribution in [0.4, 0.5) is 5.69 Å². The molecular formula is C30H30N2O8. The molecule has 6 N–H and O–H groups in total. The average molecular weight is 547 g/mol. The number of phenols is 1. The van der Waals surface area contributed by atoms with Crippen LogP contribution in [0.1, 0.15) is 41.3 Å². The van der Waals surface area contributed by atoms with Gasteiger partial charge in [-0.25, -0.2) is 0 Å². The summed E-state index contributed by atoms with van der Waals surface area (Å²) in [6.07, 6.45) is 0.189. The molecule has 2 aromatic carbocycles. The molecule has 3 aliphatic carbocycles. The summed E-state index contributed by atoms with van der Waals surface area (Å²) in [6, 6.07) is 8.81. The first-order valence-corrected chi connectivity index (χ1v) is 12.9. The van der Waals surface area contributed by atoms with Crippen molar-refractivity contribution in [1.29, 1.82) is 0 Å². The summed E-state index contributed by atoms with van der Waals surface area (Å²) in [7, 11) is 3.59. The van der Waals surface area contributed by atoms with E-state index >= 15 is 0 Å². The van der Waals surface area contributed by atoms with Gasteiger partial charge in [-0.1, -0.05) is 24.3 Å². The van der Waals surface area contributed by atoms with Crippen LogP contribution in [-0.4, -0.2) is 63.4 Å². The fourth-order valence-corrected chi connectivity index (χ4v) is 6.42. The molecule has 3 atom stereocenters. The summed E-state index contributed by atoms with van der Waals surface area (Å²) in [5.41, 5.74) is 4.41. The molecule has 1 amide bonds. The summed E-state index contributed by atoms with van der Waals surface area (Å²) in [4.78, 5) is 52.6. The minimum atomic E-state index is -2.62. The quantitative estimate of drug-likeness (QED) is 0.352. The third-order valence-corrected chi connectivity index (χ3v) is 8.21. The predicted octanol–water partition coefficient (Wildman–Crippen LogP) is 2.45. The topological polar surface area (TPSA) is 178 Å². The van der Waals surface area contributed by atoms with E-state index in [4.69, 9.17) is 5.73 Å². The van der Waals surface area contributed by atoms with Gasteiger partial charge in [0.25, 0.3) is 5.91 Å². The van der Waals surface area contributed by atoms with Crippen molar-refractivity contribution in [2.75, 3.05) is 19.0 Å². The molecule has 0 heterocycles. The highest BCUT2D eigenvalue weighted by Crippen LogP contribution is 2.53. The van der Waals surface area contributed by atoms with Gasteiger partial charge in [-0.2, -0.15) is 0 Å². The number of hydrogen-bond acceptors (Lipinski definition) is 9. The van der Waals surface area contributed by atoms with Crippen LogP contribution >= 0.6 is 0 Å². The first-order valence-electron chi connectivity index (χ1n) is 12.9. The fraction of sp³-hybridized carbons (Fsp3) is 0.333. The molecule has 5 rings (SSSR count). The number of allylic oxidation sites excluding steroid dienone is 2. The van der Waals surface area contributed by atoms with Crippen LogP contribution in [0.5, 0.6) is 5.75 Å². The highest BCUT2D eigenvalue weighted by molar-refractivity contribution is 6.24. The third-order valence-electron chi connectivity index (χ3n) is 8.21. The Hall–Kier alpha value is -4.44. The summed E-state index contributed by atoms with van der Waals surface area (Å²) in [6.45, 7) is 1.48. The molecule has 0 unspecified atom stereocenters. The number of nitrogens with zero attached hydrogens (tertiary/aromatic N) is 1. The predicted molar refractivity (Wildman–Crippen MR) is 145 cm³/mol. The van der Waals surface area contributed by atoms with Gasteiger partial charge in [0.15, 0.2) is 11.4 Å². The number of carbonyl (C=O) groups is 4. The second-order valence-electron chi connectivity index (χ2n) is 11.0. The van der Waals surface area contributed by atoms with E-state index in [-0.39, 0.29) is 48.4 Å². The van der Waals surface area contributed by atoms with E-state index in [9.17, 15) is 39.6 Å². The molecule has 0 radical (unpaired) electrons. The number of ketones is 3. The molecule has 10 heteroatoms. The monoisotopic (exact) mass is 546 g/mol. The first kappa shape index (κ1) is 27.1. The van der Waals surface area contributed by atoms with Gasteiger partial charge in [-0.05, 0) is 48.4 Å². The summed E-state index contributed by atoms with van der Waals surface area (Å²) < 4.78 is 0. The zero-order valence-corrected chi connectivity index (χ0v) is 22.3. The minimum absolute atomic E-state index is 0.0297. The zero-order chi connectivity index (χ0) is 29.3. The van der Waals surface area contributed by atoms with Crippen LogP contribution in [0.15, 0.2) is 53.0 Å². The maximum Gasteiger partial charge on any atom is 0.255 e. The van der Waals surface area contributed by atoms with Gasteiger partial charge in [0.2, 0.25) is 5.78 Å². The number of aromatic hydroxyl groups is 1. The fourth-order valence-electron chi connectivity index (χ4n) is 6.42. The molecular weight excluding hydrogens is 516 g/mol. The Kier molecular flexibility index (Phi) is 6.34. The first-order chi connectivity index (χ1) is 18.8. The summed E-state index contributed by atoms with van der Waals surface area (Å²) >= 11 is 0. The van der Waals surface area contributed by atoms with Crippen molar-refractivity contribution in [3.63, 3.8) is 0 Å². The number of Topliss-reactive ketones (excluding diaryl/α,β-unsaturated/α-hetero) is 3. The van der Waals surface area contributed by atoms with E-state index in [2.05, 4.69) is 0 Å². The molecule has 208 valence electrons. The normalized spacial score (nSPS) is 23.9. The molecule has 0 bridgehead atoms. The number of rotatable bonds is 5. The molecule has 0 aliphatic heterocycles. The number of anilines is 1. The van der Waals surface area contributed by atoms with Gasteiger partial charge in [0.05, 0.1) is 5.56 Å². The van der Waals surface area contributed by atoms with E-state index in [1.165, 1.54) is 6.92 Å². The molecule has 0 aromatic heterocycles. The maximum atomic E-state index is 14.0. The molecule has 3 aliphatic rings. The van der Waals surface area contributed by atoms with Crippen molar-refractivity contribution in [1.82, 2.24) is 0 Å². The van der Waals surface area contributed by atoms with Crippen LogP contribution in [-0.2, 0) is 27.2 Å². The highest BCUT2D eigenvalue weighted by Gasteiger charge is 2.59. The lowest BCUT2D eigenvalue weighted by Gasteiger charge is -2.46. The number of carbonyl (C=O) groups excluding carboxylic acids is 4. The van der Waals surface area contributed by atoms with E-state index in [1.807, 2.05) is 0 Å². The molecule has 0 fully saturated rings. The van der Waals surface area contributed by atoms with E-state index in [0.717, 1.165) is 5.56 Å². The summed E-state index contributed by atoms with van der Waals surface area (Å²) in [5, 5.41) is 44.6. The maximum absolute atomic E-state index is 14.0. The minimum Gasteiger partial charge on any atom is -0.511 e. The van der Waals surface area contributed by atoms with Crippen LogP contribution in [0, 0.1) is 11.8 Å². The third kappa shape index (κ3) is 3.90. The standard InChI is InChI=1S/C30H30N2O8/c1-13(33)7-14-5-4-6-15(8-14)18-12-20(32(2)3)19-10-16-9-17-11-21(34)24(29(31)39)28(38)30(17,40)27(37)22(16)26(36)23(19)25(18)35/h4-6,8,12,16-17,34-35,37,40H,7,9-11H2,1-3H3,(H2,31,39)/t16-,17+,30+/m1/s1. The Bertz CT molecular complexity index is 1580.